The average molecular weight is 245 g/mol. The monoisotopic (exact) mass is 244 g/mol. The molecule has 0 aliphatic heterocycles. The van der Waals surface area contributed by atoms with Crippen molar-refractivity contribution in [1.29, 1.82) is 0 Å². The summed E-state index contributed by atoms with van der Waals surface area (Å²) in [5.41, 5.74) is 0.113. The molecule has 1 rings (SSSR count). The molecule has 5 heteroatoms. The van der Waals surface area contributed by atoms with Crippen molar-refractivity contribution >= 4 is 17.6 Å². The SMILES string of the molecule is COCCCOc1cc(Cl)ccc1C(=O)O. The number of hydrogen-bond acceptors (Lipinski definition) is 3. The summed E-state index contributed by atoms with van der Waals surface area (Å²) in [6.45, 7) is 0.970. The normalized spacial score (nSPS) is 10.1. The Kier molecular flexibility index (Phi) is 5.08. The topological polar surface area (TPSA) is 55.8 Å². The number of carboxylic acids is 1. The molecule has 0 bridgehead atoms. The van der Waals surface area contributed by atoms with Crippen molar-refractivity contribution in [2.75, 3.05) is 20.3 Å². The average Bonchev–Trinajstić information content (AvgIpc) is 2.24. The molecule has 0 heterocycles. The highest BCUT2D eigenvalue weighted by atomic mass is 35.5. The number of hydrogen-bond donors (Lipinski definition) is 1. The number of carboxylic acid groups (broad SMARTS) is 1. The van der Waals surface area contributed by atoms with Crippen LogP contribution in [0.4, 0.5) is 0 Å². The number of methoxy groups -OCH3 is 1. The van der Waals surface area contributed by atoms with Crippen LogP contribution in [0, 0.1) is 0 Å². The van der Waals surface area contributed by atoms with Crippen LogP contribution in [0.2, 0.25) is 5.02 Å². The molecule has 0 aliphatic rings. The maximum absolute atomic E-state index is 10.9. The molecule has 0 saturated carbocycles. The molecule has 1 N–H and O–H groups in total. The lowest BCUT2D eigenvalue weighted by molar-refractivity contribution is 0.0692. The Hall–Kier alpha value is -1.26. The molecule has 4 nitrogen and oxygen atoms in total. The van der Waals surface area contributed by atoms with Crippen LogP contribution in [0.1, 0.15) is 16.8 Å². The van der Waals surface area contributed by atoms with Gasteiger partial charge in [-0.15, -0.1) is 0 Å². The van der Waals surface area contributed by atoms with Gasteiger partial charge >= 0.3 is 5.97 Å². The van der Waals surface area contributed by atoms with E-state index in [0.717, 1.165) is 0 Å². The second-order valence-electron chi connectivity index (χ2n) is 3.14. The van der Waals surface area contributed by atoms with E-state index in [0.29, 0.717) is 24.7 Å². The maximum Gasteiger partial charge on any atom is 0.339 e. The number of carbonyl (C=O) groups is 1. The first-order valence-corrected chi connectivity index (χ1v) is 5.17. The zero-order valence-corrected chi connectivity index (χ0v) is 9.66. The van der Waals surface area contributed by atoms with E-state index in [2.05, 4.69) is 0 Å². The van der Waals surface area contributed by atoms with Crippen LogP contribution < -0.4 is 4.74 Å². The summed E-state index contributed by atoms with van der Waals surface area (Å²) in [7, 11) is 1.60. The van der Waals surface area contributed by atoms with Gasteiger partial charge in [-0.25, -0.2) is 4.79 Å². The molecule has 0 spiro atoms. The van der Waals surface area contributed by atoms with Crippen LogP contribution in [0.3, 0.4) is 0 Å². The summed E-state index contributed by atoms with van der Waals surface area (Å²) < 4.78 is 10.2. The van der Waals surface area contributed by atoms with Gasteiger partial charge in [0.05, 0.1) is 6.61 Å². The predicted octanol–water partition coefficient (Wildman–Crippen LogP) is 2.45. The zero-order valence-electron chi connectivity index (χ0n) is 8.90. The van der Waals surface area contributed by atoms with Crippen molar-refractivity contribution < 1.29 is 19.4 Å². The van der Waals surface area contributed by atoms with E-state index in [4.69, 9.17) is 26.2 Å². The number of halogens is 1. The summed E-state index contributed by atoms with van der Waals surface area (Å²) >= 11 is 5.76. The van der Waals surface area contributed by atoms with Gasteiger partial charge in [-0.1, -0.05) is 11.6 Å². The van der Waals surface area contributed by atoms with Crippen LogP contribution in [0.5, 0.6) is 5.75 Å². The molecule has 16 heavy (non-hydrogen) atoms. The Labute approximate surface area is 98.7 Å². The Balaban J connectivity index is 2.68. The summed E-state index contributed by atoms with van der Waals surface area (Å²) in [6, 6.07) is 4.45. The van der Waals surface area contributed by atoms with Crippen molar-refractivity contribution in [2.24, 2.45) is 0 Å². The number of benzene rings is 1. The van der Waals surface area contributed by atoms with Crippen LogP contribution in [-0.4, -0.2) is 31.4 Å². The maximum atomic E-state index is 10.9. The fraction of sp³-hybridized carbons (Fsp3) is 0.364. The molecule has 1 aromatic rings. The van der Waals surface area contributed by atoms with E-state index in [1.54, 1.807) is 7.11 Å². The Bertz CT molecular complexity index is 365. The van der Waals surface area contributed by atoms with Gasteiger partial charge in [0.2, 0.25) is 0 Å². The van der Waals surface area contributed by atoms with Crippen LogP contribution in [0.15, 0.2) is 18.2 Å². The van der Waals surface area contributed by atoms with Gasteiger partial charge in [-0.3, -0.25) is 0 Å². The summed E-state index contributed by atoms with van der Waals surface area (Å²) in [6.07, 6.45) is 0.697. The number of ether oxygens (including phenoxy) is 2. The lowest BCUT2D eigenvalue weighted by Crippen LogP contribution is -2.06. The van der Waals surface area contributed by atoms with E-state index < -0.39 is 5.97 Å². The van der Waals surface area contributed by atoms with Gasteiger partial charge in [-0.2, -0.15) is 0 Å². The Morgan fingerprint density at radius 2 is 2.19 bits per heavy atom. The van der Waals surface area contributed by atoms with Crippen LogP contribution in [-0.2, 0) is 4.74 Å². The molecule has 0 radical (unpaired) electrons. The minimum Gasteiger partial charge on any atom is -0.493 e. The van der Waals surface area contributed by atoms with E-state index in [9.17, 15) is 4.79 Å². The molecule has 0 aliphatic carbocycles. The Morgan fingerprint density at radius 3 is 2.81 bits per heavy atom. The molecule has 0 saturated heterocycles. The third-order valence-electron chi connectivity index (χ3n) is 1.92. The second kappa shape index (κ2) is 6.35. The third kappa shape index (κ3) is 3.72. The summed E-state index contributed by atoms with van der Waals surface area (Å²) in [5, 5.41) is 9.36. The highest BCUT2D eigenvalue weighted by molar-refractivity contribution is 6.30. The van der Waals surface area contributed by atoms with Gasteiger partial charge in [0.1, 0.15) is 11.3 Å². The van der Waals surface area contributed by atoms with Crippen molar-refractivity contribution in [3.8, 4) is 5.75 Å². The smallest absolute Gasteiger partial charge is 0.339 e. The van der Waals surface area contributed by atoms with Crippen molar-refractivity contribution in [1.82, 2.24) is 0 Å². The molecular formula is C11H13ClO4. The minimum atomic E-state index is -1.03. The minimum absolute atomic E-state index is 0.113. The highest BCUT2D eigenvalue weighted by Crippen LogP contribution is 2.23. The van der Waals surface area contributed by atoms with E-state index in [-0.39, 0.29) is 11.3 Å². The van der Waals surface area contributed by atoms with Gasteiger partial charge in [0, 0.05) is 25.2 Å². The quantitative estimate of drug-likeness (QED) is 0.781. The van der Waals surface area contributed by atoms with Crippen LogP contribution >= 0.6 is 11.6 Å². The van der Waals surface area contributed by atoms with Gasteiger partial charge in [0.25, 0.3) is 0 Å². The van der Waals surface area contributed by atoms with Crippen molar-refractivity contribution in [3.63, 3.8) is 0 Å². The fourth-order valence-electron chi connectivity index (χ4n) is 1.18. The Morgan fingerprint density at radius 1 is 1.44 bits per heavy atom. The molecule has 0 amide bonds. The molecule has 0 fully saturated rings. The van der Waals surface area contributed by atoms with E-state index in [1.807, 2.05) is 0 Å². The summed E-state index contributed by atoms with van der Waals surface area (Å²) in [5.74, 6) is -0.741. The van der Waals surface area contributed by atoms with Gasteiger partial charge < -0.3 is 14.6 Å². The molecule has 0 unspecified atom stereocenters. The lowest BCUT2D eigenvalue weighted by Gasteiger charge is -2.09. The third-order valence-corrected chi connectivity index (χ3v) is 2.16. The zero-order chi connectivity index (χ0) is 12.0. The van der Waals surface area contributed by atoms with Gasteiger partial charge in [-0.05, 0) is 18.2 Å². The van der Waals surface area contributed by atoms with E-state index in [1.165, 1.54) is 18.2 Å². The summed E-state index contributed by atoms with van der Waals surface area (Å²) in [4.78, 5) is 10.9. The standard InChI is InChI=1S/C11H13ClO4/c1-15-5-2-6-16-10-7-8(12)3-4-9(10)11(13)14/h3-4,7H,2,5-6H2,1H3,(H,13,14). The first kappa shape index (κ1) is 12.8. The number of rotatable bonds is 6. The number of aromatic carboxylic acids is 1. The lowest BCUT2D eigenvalue weighted by atomic mass is 10.2. The molecular weight excluding hydrogens is 232 g/mol. The van der Waals surface area contributed by atoms with Crippen LogP contribution in [0.25, 0.3) is 0 Å². The predicted molar refractivity (Wildman–Crippen MR) is 60.4 cm³/mol. The largest absolute Gasteiger partial charge is 0.493 e. The van der Waals surface area contributed by atoms with Crippen molar-refractivity contribution in [2.45, 2.75) is 6.42 Å². The highest BCUT2D eigenvalue weighted by Gasteiger charge is 2.11. The molecule has 1 aromatic carbocycles. The van der Waals surface area contributed by atoms with Crippen molar-refractivity contribution in [3.05, 3.63) is 28.8 Å². The second-order valence-corrected chi connectivity index (χ2v) is 3.58. The fourth-order valence-corrected chi connectivity index (χ4v) is 1.34. The van der Waals surface area contributed by atoms with Gasteiger partial charge in [0.15, 0.2) is 0 Å². The molecule has 0 atom stereocenters. The molecule has 88 valence electrons. The van der Waals surface area contributed by atoms with E-state index >= 15 is 0 Å². The first-order valence-electron chi connectivity index (χ1n) is 4.79. The molecule has 0 aromatic heterocycles. The first-order chi connectivity index (χ1) is 7.65.